The van der Waals surface area contributed by atoms with Crippen LogP contribution in [0.15, 0.2) is 24.3 Å². The molecule has 1 atom stereocenters. The molecule has 2 aromatic rings. The van der Waals surface area contributed by atoms with Crippen LogP contribution in [-0.2, 0) is 0 Å². The summed E-state index contributed by atoms with van der Waals surface area (Å²) in [6.07, 6.45) is 0. The topological polar surface area (TPSA) is 12.0 Å². The van der Waals surface area contributed by atoms with Gasteiger partial charge in [0.15, 0.2) is 0 Å². The first-order chi connectivity index (χ1) is 9.04. The summed E-state index contributed by atoms with van der Waals surface area (Å²) in [6.45, 7) is 12.0. The first-order valence-electron chi connectivity index (χ1n) is 6.91. The fourth-order valence-electron chi connectivity index (χ4n) is 2.76. The van der Waals surface area contributed by atoms with Crippen molar-refractivity contribution in [2.45, 2.75) is 40.7 Å². The molecule has 2 rings (SSSR count). The van der Waals surface area contributed by atoms with Gasteiger partial charge in [0, 0.05) is 9.75 Å². The van der Waals surface area contributed by atoms with Gasteiger partial charge in [-0.25, -0.2) is 0 Å². The van der Waals surface area contributed by atoms with Crippen molar-refractivity contribution in [3.8, 4) is 0 Å². The third-order valence-corrected chi connectivity index (χ3v) is 4.80. The minimum atomic E-state index is 0.324. The molecule has 1 aromatic heterocycles. The van der Waals surface area contributed by atoms with E-state index >= 15 is 0 Å². The van der Waals surface area contributed by atoms with Crippen molar-refractivity contribution in [2.75, 3.05) is 6.54 Å². The van der Waals surface area contributed by atoms with Crippen LogP contribution >= 0.6 is 11.3 Å². The highest BCUT2D eigenvalue weighted by Crippen LogP contribution is 2.34. The Balaban J connectivity index is 2.54. The van der Waals surface area contributed by atoms with Crippen LogP contribution in [0, 0.1) is 27.7 Å². The lowest BCUT2D eigenvalue weighted by atomic mass is 9.94. The molecule has 0 bridgehead atoms. The minimum absolute atomic E-state index is 0.324. The molecule has 1 aromatic carbocycles. The van der Waals surface area contributed by atoms with Crippen LogP contribution in [0.5, 0.6) is 0 Å². The lowest BCUT2D eigenvalue weighted by Gasteiger charge is -2.22. The fraction of sp³-hybridized carbons (Fsp3) is 0.412. The van der Waals surface area contributed by atoms with Crippen LogP contribution in [0.4, 0.5) is 0 Å². The normalized spacial score (nSPS) is 12.7. The van der Waals surface area contributed by atoms with E-state index in [0.717, 1.165) is 6.54 Å². The summed E-state index contributed by atoms with van der Waals surface area (Å²) >= 11 is 1.91. The summed E-state index contributed by atoms with van der Waals surface area (Å²) in [7, 11) is 0. The Hall–Kier alpha value is -1.12. The van der Waals surface area contributed by atoms with Crippen LogP contribution in [0.3, 0.4) is 0 Å². The second kappa shape index (κ2) is 5.89. The third kappa shape index (κ3) is 2.90. The summed E-state index contributed by atoms with van der Waals surface area (Å²) < 4.78 is 0. The Kier molecular flexibility index (Phi) is 4.43. The fourth-order valence-corrected chi connectivity index (χ4v) is 3.88. The smallest absolute Gasteiger partial charge is 0.0678 e. The van der Waals surface area contributed by atoms with E-state index in [4.69, 9.17) is 0 Å². The van der Waals surface area contributed by atoms with Gasteiger partial charge in [-0.3, -0.25) is 0 Å². The quantitative estimate of drug-likeness (QED) is 0.853. The standard InChI is InChI=1S/C17H23NS/c1-6-18-16(17-13(4)10-14(5)19-17)15-11(2)8-7-9-12(15)3/h7-10,16,18H,6H2,1-5H3. The Morgan fingerprint density at radius 1 is 1.05 bits per heavy atom. The zero-order valence-corrected chi connectivity index (χ0v) is 13.3. The van der Waals surface area contributed by atoms with E-state index < -0.39 is 0 Å². The molecule has 1 N–H and O–H groups in total. The van der Waals surface area contributed by atoms with Crippen molar-refractivity contribution in [1.29, 1.82) is 0 Å². The molecule has 0 aliphatic carbocycles. The molecule has 1 nitrogen and oxygen atoms in total. The lowest BCUT2D eigenvalue weighted by molar-refractivity contribution is 0.631. The Labute approximate surface area is 120 Å². The maximum absolute atomic E-state index is 3.66. The van der Waals surface area contributed by atoms with E-state index in [1.54, 1.807) is 0 Å². The van der Waals surface area contributed by atoms with Crippen LogP contribution in [-0.4, -0.2) is 6.54 Å². The van der Waals surface area contributed by atoms with E-state index in [0.29, 0.717) is 6.04 Å². The van der Waals surface area contributed by atoms with Gasteiger partial charge >= 0.3 is 0 Å². The molecule has 1 heterocycles. The van der Waals surface area contributed by atoms with E-state index in [2.05, 4.69) is 64.2 Å². The first kappa shape index (κ1) is 14.3. The van der Waals surface area contributed by atoms with Crippen LogP contribution in [0.25, 0.3) is 0 Å². The molecule has 0 radical (unpaired) electrons. The van der Waals surface area contributed by atoms with Gasteiger partial charge in [-0.05, 0) is 62.6 Å². The molecule has 0 saturated carbocycles. The van der Waals surface area contributed by atoms with Gasteiger partial charge in [0.25, 0.3) is 0 Å². The predicted molar refractivity (Wildman–Crippen MR) is 85.2 cm³/mol. The van der Waals surface area contributed by atoms with E-state index in [-0.39, 0.29) is 0 Å². The molecule has 1 unspecified atom stereocenters. The molecular formula is C17H23NS. The van der Waals surface area contributed by atoms with Gasteiger partial charge < -0.3 is 5.32 Å². The number of hydrogen-bond acceptors (Lipinski definition) is 2. The average molecular weight is 273 g/mol. The number of rotatable bonds is 4. The summed E-state index contributed by atoms with van der Waals surface area (Å²) in [5, 5.41) is 3.66. The molecule has 0 spiro atoms. The summed E-state index contributed by atoms with van der Waals surface area (Å²) in [4.78, 5) is 2.85. The maximum Gasteiger partial charge on any atom is 0.0678 e. The van der Waals surface area contributed by atoms with Crippen LogP contribution < -0.4 is 5.32 Å². The average Bonchev–Trinajstić information content (AvgIpc) is 2.67. The molecular weight excluding hydrogens is 250 g/mol. The molecule has 2 heteroatoms. The highest BCUT2D eigenvalue weighted by Gasteiger charge is 2.20. The SMILES string of the molecule is CCNC(c1sc(C)cc1C)c1c(C)cccc1C. The second-order valence-corrected chi connectivity index (χ2v) is 6.49. The van der Waals surface area contributed by atoms with Crippen molar-refractivity contribution in [1.82, 2.24) is 5.32 Å². The highest BCUT2D eigenvalue weighted by molar-refractivity contribution is 7.12. The van der Waals surface area contributed by atoms with E-state index in [1.165, 1.54) is 32.0 Å². The number of thiophene rings is 1. The minimum Gasteiger partial charge on any atom is -0.306 e. The van der Waals surface area contributed by atoms with Gasteiger partial charge in [0.1, 0.15) is 0 Å². The van der Waals surface area contributed by atoms with E-state index in [1.807, 2.05) is 11.3 Å². The van der Waals surface area contributed by atoms with Crippen molar-refractivity contribution in [2.24, 2.45) is 0 Å². The molecule has 0 aliphatic rings. The summed E-state index contributed by atoms with van der Waals surface area (Å²) in [5.74, 6) is 0. The highest BCUT2D eigenvalue weighted by atomic mass is 32.1. The van der Waals surface area contributed by atoms with Crippen molar-refractivity contribution in [3.05, 3.63) is 56.3 Å². The zero-order chi connectivity index (χ0) is 14.0. The van der Waals surface area contributed by atoms with Crippen LogP contribution in [0.2, 0.25) is 0 Å². The third-order valence-electron chi connectivity index (χ3n) is 3.58. The van der Waals surface area contributed by atoms with Crippen LogP contribution in [0.1, 0.15) is 45.0 Å². The Bertz CT molecular complexity index is 548. The number of benzene rings is 1. The molecule has 0 amide bonds. The predicted octanol–water partition coefficient (Wildman–Crippen LogP) is 4.68. The van der Waals surface area contributed by atoms with Gasteiger partial charge in [0.2, 0.25) is 0 Å². The Morgan fingerprint density at radius 3 is 2.16 bits per heavy atom. The first-order valence-corrected chi connectivity index (χ1v) is 7.72. The second-order valence-electron chi connectivity index (χ2n) is 5.20. The lowest BCUT2D eigenvalue weighted by Crippen LogP contribution is -2.23. The van der Waals surface area contributed by atoms with Gasteiger partial charge in [-0.1, -0.05) is 25.1 Å². The Morgan fingerprint density at radius 2 is 1.68 bits per heavy atom. The largest absolute Gasteiger partial charge is 0.306 e. The van der Waals surface area contributed by atoms with Crippen molar-refractivity contribution >= 4 is 11.3 Å². The number of aryl methyl sites for hydroxylation is 4. The van der Waals surface area contributed by atoms with E-state index in [9.17, 15) is 0 Å². The molecule has 0 saturated heterocycles. The van der Waals surface area contributed by atoms with Gasteiger partial charge in [-0.15, -0.1) is 11.3 Å². The van der Waals surface area contributed by atoms with Crippen molar-refractivity contribution < 1.29 is 0 Å². The summed E-state index contributed by atoms with van der Waals surface area (Å²) in [6, 6.07) is 9.18. The summed E-state index contributed by atoms with van der Waals surface area (Å²) in [5.41, 5.74) is 5.58. The molecule has 0 fully saturated rings. The number of hydrogen-bond donors (Lipinski definition) is 1. The van der Waals surface area contributed by atoms with Crippen molar-refractivity contribution in [3.63, 3.8) is 0 Å². The number of nitrogens with one attached hydrogen (secondary N) is 1. The zero-order valence-electron chi connectivity index (χ0n) is 12.5. The molecule has 0 aliphatic heterocycles. The van der Waals surface area contributed by atoms with Gasteiger partial charge in [-0.2, -0.15) is 0 Å². The van der Waals surface area contributed by atoms with Gasteiger partial charge in [0.05, 0.1) is 6.04 Å². The molecule has 102 valence electrons. The monoisotopic (exact) mass is 273 g/mol. The molecule has 19 heavy (non-hydrogen) atoms. The maximum atomic E-state index is 3.66.